The smallest absolute Gasteiger partial charge is 0.249 e. The predicted molar refractivity (Wildman–Crippen MR) is 117 cm³/mol. The molecule has 0 saturated carbocycles. The molecule has 0 saturated heterocycles. The van der Waals surface area contributed by atoms with Crippen molar-refractivity contribution in [3.63, 3.8) is 0 Å². The molecular weight excluding hydrogens is 421 g/mol. The molecule has 0 aliphatic carbocycles. The first kappa shape index (κ1) is 21.3. The molecule has 150 valence electrons. The van der Waals surface area contributed by atoms with E-state index >= 15 is 0 Å². The van der Waals surface area contributed by atoms with Gasteiger partial charge in [-0.05, 0) is 61.2 Å². The highest BCUT2D eigenvalue weighted by atomic mass is 35.5. The quantitative estimate of drug-likeness (QED) is 0.515. The Kier molecular flexibility index (Phi) is 6.68. The summed E-state index contributed by atoms with van der Waals surface area (Å²) < 4.78 is 0. The molecule has 0 aliphatic rings. The summed E-state index contributed by atoms with van der Waals surface area (Å²) in [7, 11) is 0. The lowest BCUT2D eigenvalue weighted by atomic mass is 10.0. The first-order valence-electron chi connectivity index (χ1n) is 9.03. The van der Waals surface area contributed by atoms with Crippen molar-refractivity contribution in [2.24, 2.45) is 0 Å². The molecule has 0 bridgehead atoms. The van der Waals surface area contributed by atoms with Crippen molar-refractivity contribution in [2.45, 2.75) is 26.7 Å². The third-order valence-corrected chi connectivity index (χ3v) is 5.22. The molecule has 2 N–H and O–H groups in total. The maximum Gasteiger partial charge on any atom is 0.249 e. The van der Waals surface area contributed by atoms with Gasteiger partial charge in [-0.3, -0.25) is 0 Å². The zero-order chi connectivity index (χ0) is 21.7. The standard InChI is InChI=1S/C21H17Cl2N7/c1-12-10-15(4-3-9-24)17(22)13(2)18(12)27-21-28-20(19(23)29-30-21)26-16-7-5-14(11-25)6-8-16/h5-8,10H,3-4H2,1-2H3,(H2,26,27,28,30). The summed E-state index contributed by atoms with van der Waals surface area (Å²) in [5.41, 5.74) is 4.75. The van der Waals surface area contributed by atoms with E-state index in [1.807, 2.05) is 19.9 Å². The van der Waals surface area contributed by atoms with Gasteiger partial charge < -0.3 is 10.6 Å². The average Bonchev–Trinajstić information content (AvgIpc) is 2.75. The van der Waals surface area contributed by atoms with Crippen LogP contribution < -0.4 is 10.6 Å². The van der Waals surface area contributed by atoms with E-state index in [1.54, 1.807) is 24.3 Å². The Bertz CT molecular complexity index is 1160. The summed E-state index contributed by atoms with van der Waals surface area (Å²) >= 11 is 12.6. The van der Waals surface area contributed by atoms with Gasteiger partial charge in [0.1, 0.15) is 0 Å². The number of anilines is 4. The highest BCUT2D eigenvalue weighted by Gasteiger charge is 2.14. The first-order valence-corrected chi connectivity index (χ1v) is 9.78. The Hall–Kier alpha value is -3.39. The first-order chi connectivity index (χ1) is 14.4. The van der Waals surface area contributed by atoms with Crippen molar-refractivity contribution < 1.29 is 0 Å². The molecule has 7 nitrogen and oxygen atoms in total. The van der Waals surface area contributed by atoms with Crippen molar-refractivity contribution in [1.82, 2.24) is 15.2 Å². The van der Waals surface area contributed by atoms with Gasteiger partial charge in [-0.15, -0.1) is 10.2 Å². The number of nitrogens with one attached hydrogen (secondary N) is 2. The molecule has 3 aromatic rings. The third-order valence-electron chi connectivity index (χ3n) is 4.44. The topological polar surface area (TPSA) is 110 Å². The molecule has 0 fully saturated rings. The van der Waals surface area contributed by atoms with E-state index in [9.17, 15) is 0 Å². The minimum atomic E-state index is 0.114. The number of rotatable bonds is 6. The van der Waals surface area contributed by atoms with Crippen LogP contribution in [0.25, 0.3) is 0 Å². The van der Waals surface area contributed by atoms with Gasteiger partial charge in [0, 0.05) is 22.8 Å². The van der Waals surface area contributed by atoms with Gasteiger partial charge in [0.2, 0.25) is 5.95 Å². The lowest BCUT2D eigenvalue weighted by Gasteiger charge is -2.16. The normalized spacial score (nSPS) is 10.2. The van der Waals surface area contributed by atoms with Crippen molar-refractivity contribution >= 4 is 46.3 Å². The molecule has 0 atom stereocenters. The maximum atomic E-state index is 8.91. The van der Waals surface area contributed by atoms with Crippen LogP contribution in [0, 0.1) is 36.5 Å². The van der Waals surface area contributed by atoms with E-state index < -0.39 is 0 Å². The Morgan fingerprint density at radius 1 is 1.03 bits per heavy atom. The molecule has 1 heterocycles. The molecular formula is C21H17Cl2N7. The summed E-state index contributed by atoms with van der Waals surface area (Å²) in [6.07, 6.45) is 0.995. The largest absolute Gasteiger partial charge is 0.337 e. The number of hydrogen-bond donors (Lipinski definition) is 2. The highest BCUT2D eigenvalue weighted by molar-refractivity contribution is 6.32. The van der Waals surface area contributed by atoms with Crippen molar-refractivity contribution in [2.75, 3.05) is 10.6 Å². The molecule has 0 amide bonds. The Morgan fingerprint density at radius 2 is 1.77 bits per heavy atom. The molecule has 1 aromatic heterocycles. The van der Waals surface area contributed by atoms with Crippen LogP contribution in [0.5, 0.6) is 0 Å². The van der Waals surface area contributed by atoms with Gasteiger partial charge >= 0.3 is 0 Å². The number of aromatic nitrogens is 3. The summed E-state index contributed by atoms with van der Waals surface area (Å²) in [5, 5.41) is 32.7. The van der Waals surface area contributed by atoms with E-state index in [4.69, 9.17) is 33.7 Å². The van der Waals surface area contributed by atoms with Crippen LogP contribution in [0.2, 0.25) is 10.2 Å². The van der Waals surface area contributed by atoms with Crippen molar-refractivity contribution in [3.05, 3.63) is 62.8 Å². The van der Waals surface area contributed by atoms with E-state index in [0.717, 1.165) is 22.4 Å². The number of hydrogen-bond acceptors (Lipinski definition) is 7. The molecule has 0 aliphatic heterocycles. The molecule has 0 radical (unpaired) electrons. The van der Waals surface area contributed by atoms with E-state index in [2.05, 4.69) is 38.0 Å². The number of benzene rings is 2. The molecule has 0 spiro atoms. The Labute approximate surface area is 184 Å². The fourth-order valence-electron chi connectivity index (χ4n) is 2.93. The summed E-state index contributed by atoms with van der Waals surface area (Å²) in [4.78, 5) is 4.41. The van der Waals surface area contributed by atoms with Crippen LogP contribution in [0.1, 0.15) is 28.7 Å². The average molecular weight is 438 g/mol. The number of halogens is 2. The molecule has 9 heteroatoms. The summed E-state index contributed by atoms with van der Waals surface area (Å²) in [6.45, 7) is 3.84. The lowest BCUT2D eigenvalue weighted by Crippen LogP contribution is -2.06. The second-order valence-corrected chi connectivity index (χ2v) is 7.27. The van der Waals surface area contributed by atoms with Crippen LogP contribution in [-0.2, 0) is 6.42 Å². The molecule has 30 heavy (non-hydrogen) atoms. The second kappa shape index (κ2) is 9.41. The van der Waals surface area contributed by atoms with Gasteiger partial charge in [0.15, 0.2) is 11.0 Å². The maximum absolute atomic E-state index is 8.91. The van der Waals surface area contributed by atoms with Gasteiger partial charge in [-0.1, -0.05) is 29.3 Å². The summed E-state index contributed by atoms with van der Waals surface area (Å²) in [5.74, 6) is 0.577. The van der Waals surface area contributed by atoms with Gasteiger partial charge in [-0.2, -0.15) is 15.5 Å². The van der Waals surface area contributed by atoms with Crippen LogP contribution in [0.15, 0.2) is 30.3 Å². The van der Waals surface area contributed by atoms with E-state index in [0.29, 0.717) is 34.9 Å². The zero-order valence-corrected chi connectivity index (χ0v) is 17.8. The Morgan fingerprint density at radius 3 is 2.43 bits per heavy atom. The molecule has 0 unspecified atom stereocenters. The van der Waals surface area contributed by atoms with Gasteiger partial charge in [-0.25, -0.2) is 0 Å². The van der Waals surface area contributed by atoms with Crippen LogP contribution in [0.4, 0.5) is 23.1 Å². The van der Waals surface area contributed by atoms with E-state index in [1.165, 1.54) is 0 Å². The summed E-state index contributed by atoms with van der Waals surface area (Å²) in [6, 6.07) is 13.0. The fraction of sp³-hybridized carbons (Fsp3) is 0.190. The number of aryl methyl sites for hydroxylation is 2. The van der Waals surface area contributed by atoms with Crippen molar-refractivity contribution in [3.8, 4) is 12.1 Å². The Balaban J connectivity index is 1.87. The third kappa shape index (κ3) is 4.77. The zero-order valence-electron chi connectivity index (χ0n) is 16.3. The molecule has 3 rings (SSSR count). The van der Waals surface area contributed by atoms with Crippen molar-refractivity contribution in [1.29, 1.82) is 10.5 Å². The minimum absolute atomic E-state index is 0.114. The van der Waals surface area contributed by atoms with Gasteiger partial charge in [0.25, 0.3) is 0 Å². The predicted octanol–water partition coefficient (Wildman–Crippen LogP) is 5.61. The van der Waals surface area contributed by atoms with E-state index in [-0.39, 0.29) is 11.1 Å². The van der Waals surface area contributed by atoms with Gasteiger partial charge in [0.05, 0.1) is 17.7 Å². The molecule has 2 aromatic carbocycles. The van der Waals surface area contributed by atoms with Crippen LogP contribution in [0.3, 0.4) is 0 Å². The number of nitrogens with zero attached hydrogens (tertiary/aromatic N) is 5. The highest BCUT2D eigenvalue weighted by Crippen LogP contribution is 2.33. The second-order valence-electron chi connectivity index (χ2n) is 6.54. The number of nitriles is 2. The van der Waals surface area contributed by atoms with Crippen LogP contribution >= 0.6 is 23.2 Å². The van der Waals surface area contributed by atoms with Crippen LogP contribution in [-0.4, -0.2) is 15.2 Å². The minimum Gasteiger partial charge on any atom is -0.337 e. The SMILES string of the molecule is Cc1cc(CCC#N)c(Cl)c(C)c1Nc1nnc(Cl)c(Nc2ccc(C#N)cc2)n1. The fourth-order valence-corrected chi connectivity index (χ4v) is 3.30. The lowest BCUT2D eigenvalue weighted by molar-refractivity contribution is 0.979. The monoisotopic (exact) mass is 437 g/mol.